The van der Waals surface area contributed by atoms with Gasteiger partial charge in [-0.2, -0.15) is 5.10 Å². The molecule has 1 amide bonds. The van der Waals surface area contributed by atoms with Gasteiger partial charge in [-0.15, -0.1) is 0 Å². The molecule has 0 bridgehead atoms. The minimum Gasteiger partial charge on any atom is -0.480 e. The molecule has 0 spiro atoms. The summed E-state index contributed by atoms with van der Waals surface area (Å²) >= 11 is 0. The van der Waals surface area contributed by atoms with Crippen LogP contribution >= 0.6 is 0 Å². The van der Waals surface area contributed by atoms with Crippen LogP contribution in [0.3, 0.4) is 0 Å². The minimum absolute atomic E-state index is 0.444. The Labute approximate surface area is 147 Å². The van der Waals surface area contributed by atoms with E-state index in [1.54, 1.807) is 6.08 Å². The number of aryl methyl sites for hydroxylation is 2. The fourth-order valence-electron chi connectivity index (χ4n) is 2.45. The van der Waals surface area contributed by atoms with Crippen molar-refractivity contribution in [3.05, 3.63) is 58.4 Å². The lowest BCUT2D eigenvalue weighted by Crippen LogP contribution is -2.37. The van der Waals surface area contributed by atoms with Crippen LogP contribution in [0, 0.1) is 20.8 Å². The molecule has 0 fully saturated rings. The van der Waals surface area contributed by atoms with E-state index in [9.17, 15) is 9.59 Å². The number of carboxylic acid groups (broad SMARTS) is 1. The van der Waals surface area contributed by atoms with Crippen LogP contribution in [0.5, 0.6) is 0 Å². The van der Waals surface area contributed by atoms with Gasteiger partial charge in [-0.05, 0) is 39.3 Å². The van der Waals surface area contributed by atoms with Gasteiger partial charge in [0, 0.05) is 17.3 Å². The number of nitrogens with zero attached hydrogens (tertiary/aromatic N) is 2. The van der Waals surface area contributed by atoms with Crippen molar-refractivity contribution >= 4 is 18.0 Å². The highest BCUT2D eigenvalue weighted by molar-refractivity contribution is 5.94. The summed E-state index contributed by atoms with van der Waals surface area (Å²) in [6, 6.07) is 7.35. The number of carbonyl (C=O) groups excluding carboxylic acids is 1. The van der Waals surface area contributed by atoms with E-state index in [-0.39, 0.29) is 0 Å². The average Bonchev–Trinajstić information content (AvgIpc) is 2.81. The van der Waals surface area contributed by atoms with Crippen LogP contribution < -0.4 is 5.32 Å². The number of aliphatic carboxylic acids is 1. The van der Waals surface area contributed by atoms with Crippen molar-refractivity contribution < 1.29 is 14.7 Å². The molecule has 0 saturated heterocycles. The second-order valence-electron chi connectivity index (χ2n) is 6.13. The number of hydrogen-bond donors (Lipinski definition) is 2. The van der Waals surface area contributed by atoms with E-state index in [4.69, 9.17) is 5.11 Å². The standard InChI is InChI=1S/C19H23N3O3/c1-12-5-7-16(8-6-12)11-22-15(4)17(13(2)21-22)9-10-18(23)20-14(3)19(24)25/h5-10,14H,11H2,1-4H3,(H,20,23)(H,24,25)/b10-9+. The average molecular weight is 341 g/mol. The summed E-state index contributed by atoms with van der Waals surface area (Å²) in [6.07, 6.45) is 3.01. The maximum Gasteiger partial charge on any atom is 0.325 e. The largest absolute Gasteiger partial charge is 0.480 e. The second-order valence-corrected chi connectivity index (χ2v) is 6.13. The quantitative estimate of drug-likeness (QED) is 0.791. The number of benzene rings is 1. The van der Waals surface area contributed by atoms with Crippen LogP contribution in [0.4, 0.5) is 0 Å². The van der Waals surface area contributed by atoms with E-state index in [1.165, 1.54) is 18.6 Å². The monoisotopic (exact) mass is 341 g/mol. The van der Waals surface area contributed by atoms with Gasteiger partial charge in [0.1, 0.15) is 6.04 Å². The summed E-state index contributed by atoms with van der Waals surface area (Å²) in [6.45, 7) is 7.96. The maximum absolute atomic E-state index is 11.8. The van der Waals surface area contributed by atoms with Crippen LogP contribution in [0.2, 0.25) is 0 Å². The molecule has 1 unspecified atom stereocenters. The summed E-state index contributed by atoms with van der Waals surface area (Å²) < 4.78 is 1.90. The second kappa shape index (κ2) is 7.79. The van der Waals surface area contributed by atoms with Gasteiger partial charge in [-0.25, -0.2) is 0 Å². The van der Waals surface area contributed by atoms with Gasteiger partial charge in [0.25, 0.3) is 0 Å². The van der Waals surface area contributed by atoms with Crippen molar-refractivity contribution in [3.63, 3.8) is 0 Å². The molecule has 6 heteroatoms. The third-order valence-corrected chi connectivity index (χ3v) is 4.02. The molecule has 25 heavy (non-hydrogen) atoms. The molecule has 0 aliphatic carbocycles. The van der Waals surface area contributed by atoms with Gasteiger partial charge in [-0.1, -0.05) is 29.8 Å². The normalized spacial score (nSPS) is 12.3. The smallest absolute Gasteiger partial charge is 0.325 e. The third kappa shape index (κ3) is 4.79. The topological polar surface area (TPSA) is 84.2 Å². The zero-order valence-corrected chi connectivity index (χ0v) is 14.9. The van der Waals surface area contributed by atoms with Crippen LogP contribution in [0.1, 0.15) is 35.0 Å². The first-order chi connectivity index (χ1) is 11.8. The zero-order chi connectivity index (χ0) is 18.6. The molecule has 1 aromatic carbocycles. The lowest BCUT2D eigenvalue weighted by Gasteiger charge is -2.06. The summed E-state index contributed by atoms with van der Waals surface area (Å²) in [7, 11) is 0. The molecule has 0 radical (unpaired) electrons. The van der Waals surface area contributed by atoms with Crippen molar-refractivity contribution in [3.8, 4) is 0 Å². The molecule has 2 N–H and O–H groups in total. The summed E-state index contributed by atoms with van der Waals surface area (Å²) in [5, 5.41) is 15.7. The van der Waals surface area contributed by atoms with Crippen LogP contribution in [0.25, 0.3) is 6.08 Å². The first-order valence-electron chi connectivity index (χ1n) is 8.09. The fourth-order valence-corrected chi connectivity index (χ4v) is 2.45. The number of aromatic nitrogens is 2. The SMILES string of the molecule is Cc1ccc(Cn2nc(C)c(/C=C/C(=O)NC(C)C(=O)O)c2C)cc1. The Bertz CT molecular complexity index is 804. The number of amides is 1. The molecule has 1 aromatic heterocycles. The number of carbonyl (C=O) groups is 2. The summed E-state index contributed by atoms with van der Waals surface area (Å²) in [5.41, 5.74) is 5.00. The van der Waals surface area contributed by atoms with Gasteiger partial charge in [0.05, 0.1) is 12.2 Å². The lowest BCUT2D eigenvalue weighted by molar-refractivity contribution is -0.140. The van der Waals surface area contributed by atoms with E-state index in [2.05, 4.69) is 34.7 Å². The van der Waals surface area contributed by atoms with Gasteiger partial charge >= 0.3 is 5.97 Å². The van der Waals surface area contributed by atoms with Crippen molar-refractivity contribution in [2.24, 2.45) is 0 Å². The van der Waals surface area contributed by atoms with E-state index < -0.39 is 17.9 Å². The van der Waals surface area contributed by atoms with Gasteiger partial charge in [-0.3, -0.25) is 14.3 Å². The van der Waals surface area contributed by atoms with E-state index in [1.807, 2.05) is 25.5 Å². The number of carboxylic acids is 1. The molecule has 0 saturated carbocycles. The molecular weight excluding hydrogens is 318 g/mol. The van der Waals surface area contributed by atoms with E-state index in [0.717, 1.165) is 22.5 Å². The maximum atomic E-state index is 11.8. The third-order valence-electron chi connectivity index (χ3n) is 4.02. The van der Waals surface area contributed by atoms with Gasteiger partial charge in [0.15, 0.2) is 0 Å². The van der Waals surface area contributed by atoms with E-state index in [0.29, 0.717) is 6.54 Å². The Balaban J connectivity index is 2.13. The molecule has 1 heterocycles. The van der Waals surface area contributed by atoms with E-state index >= 15 is 0 Å². The first kappa shape index (κ1) is 18.4. The molecule has 2 aromatic rings. The van der Waals surface area contributed by atoms with Crippen molar-refractivity contribution in [1.82, 2.24) is 15.1 Å². The molecule has 2 rings (SSSR count). The van der Waals surface area contributed by atoms with Crippen molar-refractivity contribution in [2.45, 2.75) is 40.3 Å². The van der Waals surface area contributed by atoms with Gasteiger partial charge < -0.3 is 10.4 Å². The van der Waals surface area contributed by atoms with Crippen LogP contribution in [-0.2, 0) is 16.1 Å². The number of rotatable bonds is 6. The Hall–Kier alpha value is -2.89. The van der Waals surface area contributed by atoms with Crippen molar-refractivity contribution in [1.29, 1.82) is 0 Å². The molecule has 0 aliphatic heterocycles. The Morgan fingerprint density at radius 1 is 1.24 bits per heavy atom. The van der Waals surface area contributed by atoms with Gasteiger partial charge in [0.2, 0.25) is 5.91 Å². The Morgan fingerprint density at radius 3 is 2.48 bits per heavy atom. The zero-order valence-electron chi connectivity index (χ0n) is 14.9. The van der Waals surface area contributed by atoms with Crippen LogP contribution in [0.15, 0.2) is 30.3 Å². The number of hydrogen-bond acceptors (Lipinski definition) is 3. The predicted octanol–water partition coefficient (Wildman–Crippen LogP) is 2.46. The molecule has 132 valence electrons. The summed E-state index contributed by atoms with van der Waals surface area (Å²) in [4.78, 5) is 22.6. The Kier molecular flexibility index (Phi) is 5.75. The number of nitrogens with one attached hydrogen (secondary N) is 1. The molecule has 0 aliphatic rings. The molecular formula is C19H23N3O3. The highest BCUT2D eigenvalue weighted by Crippen LogP contribution is 2.16. The summed E-state index contributed by atoms with van der Waals surface area (Å²) in [5.74, 6) is -1.51. The first-order valence-corrected chi connectivity index (χ1v) is 8.09. The van der Waals surface area contributed by atoms with Crippen molar-refractivity contribution in [2.75, 3.05) is 0 Å². The highest BCUT2D eigenvalue weighted by Gasteiger charge is 2.13. The minimum atomic E-state index is -1.07. The molecule has 6 nitrogen and oxygen atoms in total. The Morgan fingerprint density at radius 2 is 1.88 bits per heavy atom. The highest BCUT2D eigenvalue weighted by atomic mass is 16.4. The molecule has 1 atom stereocenters. The fraction of sp³-hybridized carbons (Fsp3) is 0.316. The van der Waals surface area contributed by atoms with Crippen LogP contribution in [-0.4, -0.2) is 32.8 Å². The predicted molar refractivity (Wildman–Crippen MR) is 96.3 cm³/mol. The lowest BCUT2D eigenvalue weighted by atomic mass is 10.1.